The van der Waals surface area contributed by atoms with Gasteiger partial charge >= 0.3 is 6.18 Å². The monoisotopic (exact) mass is 304 g/mol. The van der Waals surface area contributed by atoms with Crippen LogP contribution in [0.25, 0.3) is 0 Å². The summed E-state index contributed by atoms with van der Waals surface area (Å²) < 4.78 is 38.6. The standard InChI is InChI=1S/C13H15F3N2OS/c1-3-12(2,11(17)20)18-10(19)8-6-4-5-7-9(8)13(14,15)16/h4-7H,3H2,1-2H3,(H2,17,20)(H,18,19). The first-order chi connectivity index (χ1) is 9.12. The number of hydrogen-bond acceptors (Lipinski definition) is 2. The summed E-state index contributed by atoms with van der Waals surface area (Å²) in [5, 5.41) is 2.47. The highest BCUT2D eigenvalue weighted by Gasteiger charge is 2.36. The topological polar surface area (TPSA) is 55.1 Å². The first-order valence-corrected chi connectivity index (χ1v) is 6.31. The lowest BCUT2D eigenvalue weighted by Crippen LogP contribution is -2.54. The summed E-state index contributed by atoms with van der Waals surface area (Å²) in [4.78, 5) is 12.1. The van der Waals surface area contributed by atoms with Crippen molar-refractivity contribution in [3.05, 3.63) is 35.4 Å². The van der Waals surface area contributed by atoms with Gasteiger partial charge in [-0.25, -0.2) is 0 Å². The maximum atomic E-state index is 12.9. The molecular weight excluding hydrogens is 289 g/mol. The Morgan fingerprint density at radius 3 is 2.35 bits per heavy atom. The minimum absolute atomic E-state index is 0.0258. The van der Waals surface area contributed by atoms with Gasteiger partial charge in [-0.2, -0.15) is 13.2 Å². The third-order valence-corrected chi connectivity index (χ3v) is 3.57. The molecule has 0 aliphatic rings. The highest BCUT2D eigenvalue weighted by Crippen LogP contribution is 2.32. The van der Waals surface area contributed by atoms with Crippen LogP contribution in [-0.4, -0.2) is 16.4 Å². The quantitative estimate of drug-likeness (QED) is 0.841. The molecule has 1 aromatic rings. The van der Waals surface area contributed by atoms with Crippen LogP contribution in [-0.2, 0) is 6.18 Å². The van der Waals surface area contributed by atoms with Gasteiger partial charge in [-0.15, -0.1) is 0 Å². The molecule has 0 heterocycles. The lowest BCUT2D eigenvalue weighted by Gasteiger charge is -2.28. The minimum Gasteiger partial charge on any atom is -0.391 e. The molecule has 3 nitrogen and oxygen atoms in total. The summed E-state index contributed by atoms with van der Waals surface area (Å²) >= 11 is 4.85. The molecule has 0 aromatic heterocycles. The fourth-order valence-electron chi connectivity index (χ4n) is 1.57. The van der Waals surface area contributed by atoms with Gasteiger partial charge in [0, 0.05) is 0 Å². The van der Waals surface area contributed by atoms with Crippen LogP contribution in [0.15, 0.2) is 24.3 Å². The van der Waals surface area contributed by atoms with E-state index >= 15 is 0 Å². The summed E-state index contributed by atoms with van der Waals surface area (Å²) in [7, 11) is 0. The van der Waals surface area contributed by atoms with E-state index in [-0.39, 0.29) is 4.99 Å². The van der Waals surface area contributed by atoms with Crippen LogP contribution < -0.4 is 11.1 Å². The molecule has 1 unspecified atom stereocenters. The SMILES string of the molecule is CCC(C)(NC(=O)c1ccccc1C(F)(F)F)C(N)=S. The van der Waals surface area contributed by atoms with Crippen LogP contribution in [0, 0.1) is 0 Å². The van der Waals surface area contributed by atoms with Crippen molar-refractivity contribution in [2.75, 3.05) is 0 Å². The Balaban J connectivity index is 3.14. The maximum absolute atomic E-state index is 12.9. The van der Waals surface area contributed by atoms with Crippen molar-refractivity contribution in [3.63, 3.8) is 0 Å². The molecule has 20 heavy (non-hydrogen) atoms. The third kappa shape index (κ3) is 3.47. The number of alkyl halides is 3. The molecule has 0 radical (unpaired) electrons. The average Bonchev–Trinajstić information content (AvgIpc) is 2.37. The third-order valence-electron chi connectivity index (χ3n) is 3.12. The number of benzene rings is 1. The van der Waals surface area contributed by atoms with E-state index in [1.165, 1.54) is 12.1 Å². The van der Waals surface area contributed by atoms with Crippen LogP contribution in [0.3, 0.4) is 0 Å². The average molecular weight is 304 g/mol. The molecule has 0 saturated carbocycles. The molecule has 0 aliphatic heterocycles. The van der Waals surface area contributed by atoms with Crippen molar-refractivity contribution in [2.45, 2.75) is 32.0 Å². The number of thiocarbonyl (C=S) groups is 1. The van der Waals surface area contributed by atoms with E-state index in [4.69, 9.17) is 18.0 Å². The van der Waals surface area contributed by atoms with Crippen molar-refractivity contribution in [3.8, 4) is 0 Å². The fraction of sp³-hybridized carbons (Fsp3) is 0.385. The van der Waals surface area contributed by atoms with E-state index in [2.05, 4.69) is 5.32 Å². The molecule has 0 bridgehead atoms. The number of carbonyl (C=O) groups excluding carboxylic acids is 1. The van der Waals surface area contributed by atoms with Crippen LogP contribution >= 0.6 is 12.2 Å². The van der Waals surface area contributed by atoms with Crippen molar-refractivity contribution in [2.24, 2.45) is 5.73 Å². The number of nitrogens with one attached hydrogen (secondary N) is 1. The molecule has 1 aromatic carbocycles. The highest BCUT2D eigenvalue weighted by atomic mass is 32.1. The van der Waals surface area contributed by atoms with Gasteiger partial charge in [0.1, 0.15) is 0 Å². The van der Waals surface area contributed by atoms with E-state index < -0.39 is 28.7 Å². The summed E-state index contributed by atoms with van der Waals surface area (Å²) in [5.41, 5.74) is 3.07. The highest BCUT2D eigenvalue weighted by molar-refractivity contribution is 7.80. The molecule has 0 aliphatic carbocycles. The zero-order valence-electron chi connectivity index (χ0n) is 11.0. The Morgan fingerprint density at radius 1 is 1.35 bits per heavy atom. The largest absolute Gasteiger partial charge is 0.417 e. The Labute approximate surface area is 120 Å². The Hall–Kier alpha value is -1.63. The number of nitrogens with two attached hydrogens (primary N) is 1. The summed E-state index contributed by atoms with van der Waals surface area (Å²) in [5.74, 6) is -0.852. The van der Waals surface area contributed by atoms with E-state index in [0.717, 1.165) is 12.1 Å². The number of amides is 1. The predicted molar refractivity (Wildman–Crippen MR) is 74.4 cm³/mol. The Morgan fingerprint density at radius 2 is 1.90 bits per heavy atom. The van der Waals surface area contributed by atoms with Gasteiger partial charge in [0.2, 0.25) is 0 Å². The molecule has 110 valence electrons. The van der Waals surface area contributed by atoms with E-state index in [1.807, 2.05) is 0 Å². The first kappa shape index (κ1) is 16.4. The fourth-order valence-corrected chi connectivity index (χ4v) is 1.77. The number of rotatable bonds is 4. The van der Waals surface area contributed by atoms with Gasteiger partial charge in [0.25, 0.3) is 5.91 Å². The van der Waals surface area contributed by atoms with Crippen molar-refractivity contribution >= 4 is 23.1 Å². The van der Waals surface area contributed by atoms with Crippen molar-refractivity contribution in [1.82, 2.24) is 5.32 Å². The van der Waals surface area contributed by atoms with E-state index in [0.29, 0.717) is 6.42 Å². The van der Waals surface area contributed by atoms with Crippen LogP contribution in [0.5, 0.6) is 0 Å². The van der Waals surface area contributed by atoms with Gasteiger partial charge in [0.15, 0.2) is 0 Å². The minimum atomic E-state index is -4.60. The Bertz CT molecular complexity index is 531. The van der Waals surface area contributed by atoms with Gasteiger partial charge in [-0.1, -0.05) is 31.3 Å². The maximum Gasteiger partial charge on any atom is 0.417 e. The first-order valence-electron chi connectivity index (χ1n) is 5.90. The summed E-state index contributed by atoms with van der Waals surface area (Å²) in [6.07, 6.45) is -4.22. The Kier molecular flexibility index (Phi) is 4.75. The molecule has 0 saturated heterocycles. The zero-order chi connectivity index (χ0) is 15.6. The zero-order valence-corrected chi connectivity index (χ0v) is 11.9. The van der Waals surface area contributed by atoms with Crippen molar-refractivity contribution < 1.29 is 18.0 Å². The van der Waals surface area contributed by atoms with E-state index in [9.17, 15) is 18.0 Å². The molecule has 1 rings (SSSR count). The number of hydrogen-bond donors (Lipinski definition) is 2. The predicted octanol–water partition coefficient (Wildman–Crippen LogP) is 2.89. The molecule has 0 fully saturated rings. The molecule has 1 amide bonds. The molecule has 0 spiro atoms. The molecule has 3 N–H and O–H groups in total. The summed E-state index contributed by atoms with van der Waals surface area (Å²) in [6.45, 7) is 3.30. The van der Waals surface area contributed by atoms with E-state index in [1.54, 1.807) is 13.8 Å². The second-order valence-electron chi connectivity index (χ2n) is 4.55. The second-order valence-corrected chi connectivity index (χ2v) is 4.99. The van der Waals surface area contributed by atoms with Crippen molar-refractivity contribution in [1.29, 1.82) is 0 Å². The van der Waals surface area contributed by atoms with Gasteiger partial charge < -0.3 is 11.1 Å². The molecular formula is C13H15F3N2OS. The van der Waals surface area contributed by atoms with Crippen LogP contribution in [0.4, 0.5) is 13.2 Å². The van der Waals surface area contributed by atoms with Crippen LogP contribution in [0.1, 0.15) is 36.2 Å². The second kappa shape index (κ2) is 5.78. The summed E-state index contributed by atoms with van der Waals surface area (Å²) in [6, 6.07) is 4.58. The van der Waals surface area contributed by atoms with Gasteiger partial charge in [-0.05, 0) is 25.5 Å². The molecule has 1 atom stereocenters. The van der Waals surface area contributed by atoms with Gasteiger partial charge in [-0.3, -0.25) is 4.79 Å². The van der Waals surface area contributed by atoms with Crippen LogP contribution in [0.2, 0.25) is 0 Å². The number of halogens is 3. The van der Waals surface area contributed by atoms with Gasteiger partial charge in [0.05, 0.1) is 21.7 Å². The number of carbonyl (C=O) groups is 1. The lowest BCUT2D eigenvalue weighted by atomic mass is 9.97. The lowest BCUT2D eigenvalue weighted by molar-refractivity contribution is -0.137. The molecule has 7 heteroatoms. The normalized spacial score (nSPS) is 14.4. The smallest absolute Gasteiger partial charge is 0.391 e.